The standard InChI is InChI=1S/C8H8ClIN2O/c9-6-2-11-8(1-7(6)10)12-5-3-13-4-5/h1-2,5H,3-4H2,(H,11,12). The van der Waals surface area contributed by atoms with Gasteiger partial charge in [-0.25, -0.2) is 4.98 Å². The molecule has 0 aliphatic carbocycles. The van der Waals surface area contributed by atoms with Gasteiger partial charge in [0.25, 0.3) is 0 Å². The van der Waals surface area contributed by atoms with Crippen LogP contribution in [0.3, 0.4) is 0 Å². The van der Waals surface area contributed by atoms with Crippen molar-refractivity contribution >= 4 is 40.0 Å². The van der Waals surface area contributed by atoms with E-state index in [1.165, 1.54) is 0 Å². The molecule has 1 aromatic rings. The molecule has 0 radical (unpaired) electrons. The van der Waals surface area contributed by atoms with Crippen LogP contribution in [0.25, 0.3) is 0 Å². The lowest BCUT2D eigenvalue weighted by atomic mass is 10.2. The number of nitrogens with zero attached hydrogens (tertiary/aromatic N) is 1. The molecule has 0 spiro atoms. The van der Waals surface area contributed by atoms with E-state index >= 15 is 0 Å². The van der Waals surface area contributed by atoms with Gasteiger partial charge in [-0.3, -0.25) is 0 Å². The zero-order chi connectivity index (χ0) is 9.26. The topological polar surface area (TPSA) is 34.2 Å². The lowest BCUT2D eigenvalue weighted by Gasteiger charge is -2.27. The Morgan fingerprint density at radius 2 is 2.38 bits per heavy atom. The second-order valence-electron chi connectivity index (χ2n) is 2.86. The molecule has 3 nitrogen and oxygen atoms in total. The molecule has 0 aromatic carbocycles. The van der Waals surface area contributed by atoms with Gasteiger partial charge in [0.2, 0.25) is 0 Å². The highest BCUT2D eigenvalue weighted by atomic mass is 127. The smallest absolute Gasteiger partial charge is 0.127 e. The Labute approximate surface area is 95.0 Å². The second kappa shape index (κ2) is 3.98. The Bertz CT molecular complexity index is 317. The first-order valence-electron chi connectivity index (χ1n) is 3.91. The molecule has 0 bridgehead atoms. The van der Waals surface area contributed by atoms with Crippen LogP contribution in [0.5, 0.6) is 0 Å². The first-order valence-corrected chi connectivity index (χ1v) is 5.37. The lowest BCUT2D eigenvalue weighted by Crippen LogP contribution is -2.40. The van der Waals surface area contributed by atoms with Gasteiger partial charge in [-0.2, -0.15) is 0 Å². The van der Waals surface area contributed by atoms with E-state index in [2.05, 4.69) is 32.9 Å². The van der Waals surface area contributed by atoms with Gasteiger partial charge in [0.15, 0.2) is 0 Å². The number of hydrogen-bond acceptors (Lipinski definition) is 3. The third kappa shape index (κ3) is 2.24. The van der Waals surface area contributed by atoms with Crippen molar-refractivity contribution in [3.05, 3.63) is 20.9 Å². The molecular weight excluding hydrogens is 302 g/mol. The van der Waals surface area contributed by atoms with Gasteiger partial charge in [0.05, 0.1) is 24.3 Å². The molecule has 2 heterocycles. The van der Waals surface area contributed by atoms with E-state index in [1.54, 1.807) is 6.20 Å². The number of pyridine rings is 1. The quantitative estimate of drug-likeness (QED) is 0.850. The SMILES string of the molecule is Clc1cnc(NC2COC2)cc1I. The third-order valence-corrected chi connectivity index (χ3v) is 3.31. The van der Waals surface area contributed by atoms with Crippen LogP contribution >= 0.6 is 34.2 Å². The molecule has 70 valence electrons. The highest BCUT2D eigenvalue weighted by molar-refractivity contribution is 14.1. The number of rotatable bonds is 2. The predicted molar refractivity (Wildman–Crippen MR) is 60.2 cm³/mol. The van der Waals surface area contributed by atoms with Gasteiger partial charge in [-0.15, -0.1) is 0 Å². The molecule has 5 heteroatoms. The maximum Gasteiger partial charge on any atom is 0.127 e. The van der Waals surface area contributed by atoms with Crippen molar-refractivity contribution in [3.63, 3.8) is 0 Å². The summed E-state index contributed by atoms with van der Waals surface area (Å²) in [4.78, 5) is 4.16. The Morgan fingerprint density at radius 1 is 1.62 bits per heavy atom. The van der Waals surface area contributed by atoms with Crippen LogP contribution < -0.4 is 5.32 Å². The summed E-state index contributed by atoms with van der Waals surface area (Å²) in [6.07, 6.45) is 1.66. The highest BCUT2D eigenvalue weighted by Crippen LogP contribution is 2.20. The average Bonchev–Trinajstić information content (AvgIpc) is 2.04. The molecule has 1 aliphatic rings. The fourth-order valence-electron chi connectivity index (χ4n) is 1.02. The summed E-state index contributed by atoms with van der Waals surface area (Å²) in [7, 11) is 0. The molecule has 1 aliphatic heterocycles. The van der Waals surface area contributed by atoms with Crippen LogP contribution in [0.4, 0.5) is 5.82 Å². The van der Waals surface area contributed by atoms with E-state index in [9.17, 15) is 0 Å². The zero-order valence-corrected chi connectivity index (χ0v) is 9.67. The van der Waals surface area contributed by atoms with Gasteiger partial charge in [0, 0.05) is 9.77 Å². The van der Waals surface area contributed by atoms with Crippen molar-refractivity contribution in [3.8, 4) is 0 Å². The molecule has 0 saturated carbocycles. The predicted octanol–water partition coefficient (Wildman–Crippen LogP) is 2.15. The summed E-state index contributed by atoms with van der Waals surface area (Å²) in [6.45, 7) is 1.53. The van der Waals surface area contributed by atoms with Crippen molar-refractivity contribution in [1.82, 2.24) is 4.98 Å². The van der Waals surface area contributed by atoms with Crippen LogP contribution in [0.1, 0.15) is 0 Å². The van der Waals surface area contributed by atoms with Crippen LogP contribution in [-0.2, 0) is 4.74 Å². The van der Waals surface area contributed by atoms with Crippen LogP contribution in [0, 0.1) is 3.57 Å². The largest absolute Gasteiger partial charge is 0.377 e. The van der Waals surface area contributed by atoms with Gasteiger partial charge in [-0.1, -0.05) is 11.6 Å². The molecule has 13 heavy (non-hydrogen) atoms. The number of aromatic nitrogens is 1. The summed E-state index contributed by atoms with van der Waals surface area (Å²) in [6, 6.07) is 2.34. The minimum atomic E-state index is 0.407. The molecule has 1 saturated heterocycles. The number of nitrogens with one attached hydrogen (secondary N) is 1. The second-order valence-corrected chi connectivity index (χ2v) is 4.43. The minimum Gasteiger partial charge on any atom is -0.377 e. The number of halogens is 2. The normalized spacial score (nSPS) is 16.8. The van der Waals surface area contributed by atoms with Crippen LogP contribution in [0.15, 0.2) is 12.3 Å². The summed E-state index contributed by atoms with van der Waals surface area (Å²) < 4.78 is 6.05. The fourth-order valence-corrected chi connectivity index (χ4v) is 1.56. The lowest BCUT2D eigenvalue weighted by molar-refractivity contribution is 0.0209. The van der Waals surface area contributed by atoms with E-state index in [0.29, 0.717) is 11.1 Å². The van der Waals surface area contributed by atoms with Crippen molar-refractivity contribution < 1.29 is 4.74 Å². The number of hydrogen-bond donors (Lipinski definition) is 1. The van der Waals surface area contributed by atoms with Gasteiger partial charge in [0.1, 0.15) is 5.82 Å². The summed E-state index contributed by atoms with van der Waals surface area (Å²) in [5, 5.41) is 3.94. The third-order valence-electron chi connectivity index (χ3n) is 1.80. The highest BCUT2D eigenvalue weighted by Gasteiger charge is 2.18. The van der Waals surface area contributed by atoms with Crippen LogP contribution in [-0.4, -0.2) is 24.2 Å². The maximum atomic E-state index is 5.84. The van der Waals surface area contributed by atoms with Gasteiger partial charge in [-0.05, 0) is 28.7 Å². The Balaban J connectivity index is 2.07. The van der Waals surface area contributed by atoms with E-state index in [-0.39, 0.29) is 0 Å². The summed E-state index contributed by atoms with van der Waals surface area (Å²) in [5.41, 5.74) is 0. The Kier molecular flexibility index (Phi) is 2.90. The van der Waals surface area contributed by atoms with E-state index in [4.69, 9.17) is 16.3 Å². The zero-order valence-electron chi connectivity index (χ0n) is 6.76. The van der Waals surface area contributed by atoms with Crippen molar-refractivity contribution in [2.24, 2.45) is 0 Å². The maximum absolute atomic E-state index is 5.84. The molecule has 1 N–H and O–H groups in total. The monoisotopic (exact) mass is 310 g/mol. The Hall–Kier alpha value is -0.0700. The summed E-state index contributed by atoms with van der Waals surface area (Å²) in [5.74, 6) is 0.863. The van der Waals surface area contributed by atoms with E-state index in [0.717, 1.165) is 22.6 Å². The van der Waals surface area contributed by atoms with E-state index < -0.39 is 0 Å². The average molecular weight is 311 g/mol. The molecule has 1 aromatic heterocycles. The Morgan fingerprint density at radius 3 is 2.92 bits per heavy atom. The van der Waals surface area contributed by atoms with Gasteiger partial charge < -0.3 is 10.1 Å². The molecule has 0 unspecified atom stereocenters. The molecule has 0 atom stereocenters. The molecular formula is C8H8ClIN2O. The first-order chi connectivity index (χ1) is 6.25. The molecule has 0 amide bonds. The molecule has 1 fully saturated rings. The van der Waals surface area contributed by atoms with E-state index in [1.807, 2.05) is 6.07 Å². The minimum absolute atomic E-state index is 0.407. The molecule has 2 rings (SSSR count). The summed E-state index contributed by atoms with van der Waals surface area (Å²) >= 11 is 8.03. The van der Waals surface area contributed by atoms with Crippen molar-refractivity contribution in [2.75, 3.05) is 18.5 Å². The number of ether oxygens (including phenoxy) is 1. The van der Waals surface area contributed by atoms with Crippen molar-refractivity contribution in [2.45, 2.75) is 6.04 Å². The number of anilines is 1. The first kappa shape index (κ1) is 9.48. The van der Waals surface area contributed by atoms with Crippen LogP contribution in [0.2, 0.25) is 5.02 Å². The fraction of sp³-hybridized carbons (Fsp3) is 0.375. The van der Waals surface area contributed by atoms with Gasteiger partial charge >= 0.3 is 0 Å². The van der Waals surface area contributed by atoms with Crippen molar-refractivity contribution in [1.29, 1.82) is 0 Å².